The summed E-state index contributed by atoms with van der Waals surface area (Å²) in [6.07, 6.45) is 50.0. The maximum atomic E-state index is 12.7. The Morgan fingerprint density at radius 1 is 0.345 bits per heavy atom. The van der Waals surface area contributed by atoms with E-state index in [-0.39, 0.29) is 31.1 Å². The van der Waals surface area contributed by atoms with Gasteiger partial charge >= 0.3 is 17.9 Å². The fraction of sp³-hybridized carbons (Fsp3) is 0.816. The lowest BCUT2D eigenvalue weighted by molar-refractivity contribution is -0.167. The van der Waals surface area contributed by atoms with Gasteiger partial charge in [-0.1, -0.05) is 173 Å². The minimum atomic E-state index is -0.787. The average molecular weight is 773 g/mol. The van der Waals surface area contributed by atoms with Crippen molar-refractivity contribution >= 4 is 17.9 Å². The Morgan fingerprint density at radius 3 is 1.05 bits per heavy atom. The number of ether oxygens (including phenoxy) is 3. The van der Waals surface area contributed by atoms with E-state index in [1.165, 1.54) is 116 Å². The quantitative estimate of drug-likeness (QED) is 0.0266. The molecule has 0 saturated carbocycles. The minimum Gasteiger partial charge on any atom is -0.462 e. The van der Waals surface area contributed by atoms with Crippen LogP contribution < -0.4 is 0 Å². The lowest BCUT2D eigenvalue weighted by atomic mass is 10.1. The van der Waals surface area contributed by atoms with Gasteiger partial charge < -0.3 is 14.2 Å². The van der Waals surface area contributed by atoms with Crippen molar-refractivity contribution in [3.05, 3.63) is 36.5 Å². The van der Waals surface area contributed by atoms with Crippen molar-refractivity contribution < 1.29 is 28.6 Å². The molecule has 0 aromatic heterocycles. The van der Waals surface area contributed by atoms with Crippen molar-refractivity contribution in [2.45, 2.75) is 245 Å². The molecular weight excluding hydrogens is 685 g/mol. The summed E-state index contributed by atoms with van der Waals surface area (Å²) in [5.74, 6) is -0.947. The van der Waals surface area contributed by atoms with Gasteiger partial charge in [0.2, 0.25) is 0 Å². The van der Waals surface area contributed by atoms with Gasteiger partial charge in [0.1, 0.15) is 13.2 Å². The first-order valence-electron chi connectivity index (χ1n) is 23.5. The summed E-state index contributed by atoms with van der Waals surface area (Å²) in [6, 6.07) is 0. The van der Waals surface area contributed by atoms with Gasteiger partial charge in [0.25, 0.3) is 0 Å². The van der Waals surface area contributed by atoms with E-state index >= 15 is 0 Å². The highest BCUT2D eigenvalue weighted by atomic mass is 16.6. The molecule has 0 amide bonds. The molecule has 1 atom stereocenters. The van der Waals surface area contributed by atoms with E-state index in [2.05, 4.69) is 57.2 Å². The highest BCUT2D eigenvalue weighted by Crippen LogP contribution is 2.13. The molecule has 0 aromatic carbocycles. The minimum absolute atomic E-state index is 0.0889. The van der Waals surface area contributed by atoms with Crippen LogP contribution in [0.4, 0.5) is 0 Å². The Labute approximate surface area is 340 Å². The zero-order chi connectivity index (χ0) is 40.1. The molecule has 0 aliphatic heterocycles. The third-order valence-corrected chi connectivity index (χ3v) is 10.1. The molecule has 6 nitrogen and oxygen atoms in total. The van der Waals surface area contributed by atoms with Crippen LogP contribution in [0.2, 0.25) is 0 Å². The van der Waals surface area contributed by atoms with Gasteiger partial charge in [-0.3, -0.25) is 14.4 Å². The molecule has 0 bridgehead atoms. The van der Waals surface area contributed by atoms with Crippen LogP contribution in [-0.2, 0) is 28.6 Å². The van der Waals surface area contributed by atoms with Crippen molar-refractivity contribution in [1.29, 1.82) is 0 Å². The van der Waals surface area contributed by atoms with Gasteiger partial charge in [-0.05, 0) is 83.5 Å². The van der Waals surface area contributed by atoms with E-state index < -0.39 is 6.10 Å². The van der Waals surface area contributed by atoms with Gasteiger partial charge in [0.05, 0.1) is 0 Å². The first kappa shape index (κ1) is 52.6. The predicted molar refractivity (Wildman–Crippen MR) is 233 cm³/mol. The molecule has 0 rings (SSSR count). The second kappa shape index (κ2) is 44.3. The normalized spacial score (nSPS) is 12.3. The molecule has 0 radical (unpaired) electrons. The zero-order valence-electron chi connectivity index (χ0n) is 36.4. The highest BCUT2D eigenvalue weighted by Gasteiger charge is 2.19. The summed E-state index contributed by atoms with van der Waals surface area (Å²) in [6.45, 7) is 6.51. The van der Waals surface area contributed by atoms with E-state index in [0.29, 0.717) is 25.7 Å². The van der Waals surface area contributed by atoms with E-state index in [0.717, 1.165) is 77.0 Å². The molecule has 55 heavy (non-hydrogen) atoms. The molecule has 0 fully saturated rings. The molecule has 0 aromatic rings. The molecule has 320 valence electrons. The Kier molecular flexibility index (Phi) is 42.4. The van der Waals surface area contributed by atoms with E-state index in [1.807, 2.05) is 0 Å². The number of rotatable bonds is 42. The molecule has 6 heteroatoms. The predicted octanol–water partition coefficient (Wildman–Crippen LogP) is 15.0. The van der Waals surface area contributed by atoms with Crippen LogP contribution in [0.5, 0.6) is 0 Å². The number of carbonyl (C=O) groups excluding carboxylic acids is 3. The van der Waals surface area contributed by atoms with Crippen LogP contribution in [0.15, 0.2) is 36.5 Å². The molecular formula is C49H88O6. The topological polar surface area (TPSA) is 78.9 Å². The number of esters is 3. The maximum absolute atomic E-state index is 12.7. The van der Waals surface area contributed by atoms with Crippen LogP contribution in [-0.4, -0.2) is 37.2 Å². The van der Waals surface area contributed by atoms with Gasteiger partial charge in [-0.2, -0.15) is 0 Å². The largest absolute Gasteiger partial charge is 0.462 e. The van der Waals surface area contributed by atoms with Crippen LogP contribution in [0.25, 0.3) is 0 Å². The standard InChI is InChI=1S/C49H88O6/c1-4-7-10-13-16-19-21-22-23-24-25-26-27-28-31-33-36-39-42-48(51)54-45-46(44-53-47(50)41-38-35-32-29-18-15-12-9-6-3)55-49(52)43-40-37-34-30-20-17-14-11-8-5-2/h14,17,25-26,29,32,46H,4-13,15-16,18-24,27-28,30-31,33-45H2,1-3H3/b17-14-,26-25-,32-29-. The summed E-state index contributed by atoms with van der Waals surface area (Å²) in [7, 11) is 0. The summed E-state index contributed by atoms with van der Waals surface area (Å²) < 4.78 is 16.6. The Bertz CT molecular complexity index is 938. The Balaban J connectivity index is 4.31. The smallest absolute Gasteiger partial charge is 0.306 e. The van der Waals surface area contributed by atoms with Gasteiger partial charge in [0, 0.05) is 19.3 Å². The summed E-state index contributed by atoms with van der Waals surface area (Å²) in [4.78, 5) is 37.6. The zero-order valence-corrected chi connectivity index (χ0v) is 36.4. The SMILES string of the molecule is CCCC/C=C\CCCCCCC(=O)OC(COC(=O)CCC/C=C\CCCCCC)COC(=O)CCCCCCC/C=C\CCCCCCCCCCC. The third kappa shape index (κ3) is 42.6. The molecule has 0 heterocycles. The van der Waals surface area contributed by atoms with Crippen molar-refractivity contribution in [1.82, 2.24) is 0 Å². The van der Waals surface area contributed by atoms with E-state index in [4.69, 9.17) is 14.2 Å². The number of hydrogen-bond acceptors (Lipinski definition) is 6. The highest BCUT2D eigenvalue weighted by molar-refractivity contribution is 5.71. The molecule has 0 saturated heterocycles. The monoisotopic (exact) mass is 773 g/mol. The molecule has 0 aliphatic carbocycles. The average Bonchev–Trinajstić information content (AvgIpc) is 3.18. The Morgan fingerprint density at radius 2 is 0.636 bits per heavy atom. The lowest BCUT2D eigenvalue weighted by Crippen LogP contribution is -2.30. The number of unbranched alkanes of at least 4 members (excludes halogenated alkanes) is 25. The lowest BCUT2D eigenvalue weighted by Gasteiger charge is -2.18. The van der Waals surface area contributed by atoms with Crippen LogP contribution in [0.1, 0.15) is 239 Å². The molecule has 0 N–H and O–H groups in total. The van der Waals surface area contributed by atoms with Crippen molar-refractivity contribution in [2.24, 2.45) is 0 Å². The van der Waals surface area contributed by atoms with Gasteiger partial charge in [-0.15, -0.1) is 0 Å². The van der Waals surface area contributed by atoms with Crippen LogP contribution >= 0.6 is 0 Å². The Hall–Kier alpha value is -2.37. The fourth-order valence-electron chi connectivity index (χ4n) is 6.48. The summed E-state index contributed by atoms with van der Waals surface area (Å²) in [5, 5.41) is 0. The summed E-state index contributed by atoms with van der Waals surface area (Å²) in [5.41, 5.74) is 0. The van der Waals surface area contributed by atoms with Crippen LogP contribution in [0.3, 0.4) is 0 Å². The fourth-order valence-corrected chi connectivity index (χ4v) is 6.48. The van der Waals surface area contributed by atoms with Crippen molar-refractivity contribution in [3.8, 4) is 0 Å². The van der Waals surface area contributed by atoms with Crippen molar-refractivity contribution in [2.75, 3.05) is 13.2 Å². The molecule has 0 spiro atoms. The number of allylic oxidation sites excluding steroid dienone is 6. The van der Waals surface area contributed by atoms with Gasteiger partial charge in [0.15, 0.2) is 6.10 Å². The first-order chi connectivity index (χ1) is 27.0. The number of hydrogen-bond donors (Lipinski definition) is 0. The van der Waals surface area contributed by atoms with Crippen LogP contribution in [0, 0.1) is 0 Å². The van der Waals surface area contributed by atoms with Gasteiger partial charge in [-0.25, -0.2) is 0 Å². The maximum Gasteiger partial charge on any atom is 0.306 e. The third-order valence-electron chi connectivity index (χ3n) is 10.1. The second-order valence-corrected chi connectivity index (χ2v) is 15.7. The summed E-state index contributed by atoms with van der Waals surface area (Å²) >= 11 is 0. The van der Waals surface area contributed by atoms with Crippen molar-refractivity contribution in [3.63, 3.8) is 0 Å². The number of carbonyl (C=O) groups is 3. The van der Waals surface area contributed by atoms with E-state index in [9.17, 15) is 14.4 Å². The molecule has 1 unspecified atom stereocenters. The molecule has 0 aliphatic rings. The van der Waals surface area contributed by atoms with E-state index in [1.54, 1.807) is 0 Å². The second-order valence-electron chi connectivity index (χ2n) is 15.7. The first-order valence-corrected chi connectivity index (χ1v) is 23.5.